The van der Waals surface area contributed by atoms with Gasteiger partial charge in [-0.25, -0.2) is 0 Å². The first kappa shape index (κ1) is 22.3. The maximum absolute atomic E-state index is 12.7. The third-order valence-electron chi connectivity index (χ3n) is 5.40. The lowest BCUT2D eigenvalue weighted by Gasteiger charge is -2.36. The Morgan fingerprint density at radius 3 is 2.27 bits per heavy atom. The van der Waals surface area contributed by atoms with Gasteiger partial charge in [0.15, 0.2) is 0 Å². The minimum Gasteiger partial charge on any atom is -0.495 e. The van der Waals surface area contributed by atoms with Gasteiger partial charge in [-0.05, 0) is 74.2 Å². The Morgan fingerprint density at radius 1 is 1.07 bits per heavy atom. The first-order valence-electron chi connectivity index (χ1n) is 10.2. The molecule has 0 aliphatic carbocycles. The molecule has 1 amide bonds. The molecule has 0 spiro atoms. The van der Waals surface area contributed by atoms with Crippen LogP contribution in [0.5, 0.6) is 5.75 Å². The summed E-state index contributed by atoms with van der Waals surface area (Å²) in [7, 11) is 1.60. The number of nitrogens with one attached hydrogen (secondary N) is 1. The van der Waals surface area contributed by atoms with Gasteiger partial charge < -0.3 is 24.4 Å². The Kier molecular flexibility index (Phi) is 7.15. The number of ether oxygens (including phenoxy) is 1. The number of anilines is 2. The molecule has 1 atom stereocenters. The number of carbonyl (C=O) groups excluding carboxylic acids is 1. The second kappa shape index (κ2) is 9.62. The Balaban J connectivity index is 1.59. The van der Waals surface area contributed by atoms with Gasteiger partial charge in [0.1, 0.15) is 5.75 Å². The SMILES string of the molecule is COc1cc(C)c(C(C)O)cc1NSC(=O)N1CCN(c2cc(C)cc(C)c2)CC1. The molecule has 30 heavy (non-hydrogen) atoms. The smallest absolute Gasteiger partial charge is 0.302 e. The van der Waals surface area contributed by atoms with Crippen molar-refractivity contribution in [1.82, 2.24) is 4.90 Å². The van der Waals surface area contributed by atoms with E-state index in [-0.39, 0.29) is 5.24 Å². The average molecular weight is 430 g/mol. The zero-order valence-electron chi connectivity index (χ0n) is 18.4. The molecular formula is C23H31N3O3S. The average Bonchev–Trinajstić information content (AvgIpc) is 2.71. The fraction of sp³-hybridized carbons (Fsp3) is 0.435. The van der Waals surface area contributed by atoms with Crippen LogP contribution in [0.4, 0.5) is 16.2 Å². The summed E-state index contributed by atoms with van der Waals surface area (Å²) in [6, 6.07) is 10.3. The van der Waals surface area contributed by atoms with Crippen molar-refractivity contribution in [3.05, 3.63) is 52.6 Å². The van der Waals surface area contributed by atoms with E-state index in [2.05, 4.69) is 41.7 Å². The highest BCUT2D eigenvalue weighted by molar-refractivity contribution is 8.14. The van der Waals surface area contributed by atoms with Gasteiger partial charge in [-0.1, -0.05) is 6.07 Å². The highest BCUT2D eigenvalue weighted by atomic mass is 32.2. The van der Waals surface area contributed by atoms with Crippen molar-refractivity contribution >= 4 is 28.6 Å². The number of carbonyl (C=O) groups is 1. The molecule has 162 valence electrons. The van der Waals surface area contributed by atoms with E-state index >= 15 is 0 Å². The summed E-state index contributed by atoms with van der Waals surface area (Å²) in [5.41, 5.74) is 6.19. The van der Waals surface area contributed by atoms with Crippen LogP contribution in [0.1, 0.15) is 35.3 Å². The zero-order valence-corrected chi connectivity index (χ0v) is 19.2. The van der Waals surface area contributed by atoms with E-state index in [0.29, 0.717) is 24.5 Å². The quantitative estimate of drug-likeness (QED) is 0.673. The molecule has 0 bridgehead atoms. The number of rotatable bonds is 5. The first-order chi connectivity index (χ1) is 14.3. The predicted octanol–water partition coefficient (Wildman–Crippen LogP) is 4.68. The van der Waals surface area contributed by atoms with E-state index < -0.39 is 6.10 Å². The van der Waals surface area contributed by atoms with Crippen LogP contribution < -0.4 is 14.4 Å². The van der Waals surface area contributed by atoms with Crippen LogP contribution in [-0.4, -0.2) is 48.5 Å². The molecule has 3 rings (SSSR count). The third kappa shape index (κ3) is 5.21. The van der Waals surface area contributed by atoms with Crippen molar-refractivity contribution in [2.75, 3.05) is 42.9 Å². The van der Waals surface area contributed by atoms with Crippen molar-refractivity contribution in [2.24, 2.45) is 0 Å². The molecule has 2 aromatic carbocycles. The molecule has 0 aromatic heterocycles. The number of hydrogen-bond donors (Lipinski definition) is 2. The lowest BCUT2D eigenvalue weighted by atomic mass is 10.0. The Bertz CT molecular complexity index is 889. The fourth-order valence-electron chi connectivity index (χ4n) is 3.84. The number of aliphatic hydroxyl groups is 1. The second-order valence-electron chi connectivity index (χ2n) is 7.88. The van der Waals surface area contributed by atoms with Gasteiger partial charge in [-0.3, -0.25) is 4.79 Å². The van der Waals surface area contributed by atoms with E-state index in [4.69, 9.17) is 4.74 Å². The van der Waals surface area contributed by atoms with E-state index in [0.717, 1.165) is 36.2 Å². The van der Waals surface area contributed by atoms with Crippen LogP contribution in [0, 0.1) is 20.8 Å². The molecule has 1 saturated heterocycles. The third-order valence-corrected chi connectivity index (χ3v) is 6.15. The monoisotopic (exact) mass is 429 g/mol. The number of piperazine rings is 1. The Morgan fingerprint density at radius 2 is 1.70 bits per heavy atom. The van der Waals surface area contributed by atoms with E-state index in [1.807, 2.05) is 24.0 Å². The van der Waals surface area contributed by atoms with Gasteiger partial charge >= 0.3 is 5.24 Å². The molecule has 1 heterocycles. The molecule has 0 saturated carbocycles. The summed E-state index contributed by atoms with van der Waals surface area (Å²) in [5, 5.41) is 9.95. The topological polar surface area (TPSA) is 65.0 Å². The van der Waals surface area contributed by atoms with Crippen LogP contribution in [0.15, 0.2) is 30.3 Å². The maximum Gasteiger partial charge on any atom is 0.302 e. The highest BCUT2D eigenvalue weighted by Gasteiger charge is 2.23. The van der Waals surface area contributed by atoms with Crippen LogP contribution in [0.3, 0.4) is 0 Å². The maximum atomic E-state index is 12.7. The van der Waals surface area contributed by atoms with Gasteiger partial charge in [0.05, 0.1) is 18.9 Å². The van der Waals surface area contributed by atoms with Gasteiger partial charge in [0, 0.05) is 43.8 Å². The molecule has 1 aliphatic heterocycles. The summed E-state index contributed by atoms with van der Waals surface area (Å²) in [6.07, 6.45) is -0.588. The molecule has 7 heteroatoms. The summed E-state index contributed by atoms with van der Waals surface area (Å²) in [5.74, 6) is 0.650. The minimum absolute atomic E-state index is 0.0173. The standard InChI is InChI=1S/C23H31N3O3S/c1-15-10-16(2)12-19(11-15)25-6-8-26(9-7-25)23(28)30-24-21-14-20(18(4)27)17(3)13-22(21)29-5/h10-14,18,24,27H,6-9H2,1-5H3. The molecular weight excluding hydrogens is 398 g/mol. The van der Waals surface area contributed by atoms with Crippen molar-refractivity contribution in [2.45, 2.75) is 33.8 Å². The summed E-state index contributed by atoms with van der Waals surface area (Å²) >= 11 is 1.05. The molecule has 1 unspecified atom stereocenters. The molecule has 2 N–H and O–H groups in total. The van der Waals surface area contributed by atoms with Crippen LogP contribution in [-0.2, 0) is 0 Å². The van der Waals surface area contributed by atoms with Crippen molar-refractivity contribution in [3.8, 4) is 5.75 Å². The Labute approximate surface area is 183 Å². The van der Waals surface area contributed by atoms with Crippen molar-refractivity contribution in [3.63, 3.8) is 0 Å². The summed E-state index contributed by atoms with van der Waals surface area (Å²) in [4.78, 5) is 16.9. The van der Waals surface area contributed by atoms with Gasteiger partial charge in [-0.2, -0.15) is 0 Å². The number of methoxy groups -OCH3 is 1. The summed E-state index contributed by atoms with van der Waals surface area (Å²) in [6.45, 7) is 10.9. The van der Waals surface area contributed by atoms with E-state index in [1.54, 1.807) is 14.0 Å². The largest absolute Gasteiger partial charge is 0.495 e. The van der Waals surface area contributed by atoms with Crippen LogP contribution in [0.25, 0.3) is 0 Å². The summed E-state index contributed by atoms with van der Waals surface area (Å²) < 4.78 is 8.55. The van der Waals surface area contributed by atoms with Crippen LogP contribution >= 0.6 is 11.9 Å². The highest BCUT2D eigenvalue weighted by Crippen LogP contribution is 2.33. The number of hydrogen-bond acceptors (Lipinski definition) is 6. The number of aryl methyl sites for hydroxylation is 3. The number of amides is 1. The molecule has 2 aromatic rings. The number of benzene rings is 2. The van der Waals surface area contributed by atoms with Gasteiger partial charge in [0.25, 0.3) is 0 Å². The Hall–Kier alpha value is -2.38. The molecule has 0 radical (unpaired) electrons. The predicted molar refractivity (Wildman–Crippen MR) is 125 cm³/mol. The number of aliphatic hydroxyl groups excluding tert-OH is 1. The zero-order chi connectivity index (χ0) is 21.8. The second-order valence-corrected chi connectivity index (χ2v) is 8.63. The van der Waals surface area contributed by atoms with Crippen LogP contribution in [0.2, 0.25) is 0 Å². The van der Waals surface area contributed by atoms with E-state index in [9.17, 15) is 9.90 Å². The molecule has 1 aliphatic rings. The van der Waals surface area contributed by atoms with Gasteiger partial charge in [-0.15, -0.1) is 0 Å². The number of nitrogens with zero attached hydrogens (tertiary/aromatic N) is 2. The first-order valence-corrected chi connectivity index (χ1v) is 11.0. The molecule has 1 fully saturated rings. The van der Waals surface area contributed by atoms with Gasteiger partial charge in [0.2, 0.25) is 0 Å². The molecule has 6 nitrogen and oxygen atoms in total. The fourth-order valence-corrected chi connectivity index (χ4v) is 4.51. The van der Waals surface area contributed by atoms with Crippen molar-refractivity contribution < 1.29 is 14.6 Å². The minimum atomic E-state index is -0.588. The normalized spacial score (nSPS) is 15.1. The lowest BCUT2D eigenvalue weighted by Crippen LogP contribution is -2.47. The van der Waals surface area contributed by atoms with Crippen molar-refractivity contribution in [1.29, 1.82) is 0 Å². The lowest BCUT2D eigenvalue weighted by molar-refractivity contribution is 0.198. The van der Waals surface area contributed by atoms with E-state index in [1.165, 1.54) is 16.8 Å².